The van der Waals surface area contributed by atoms with Gasteiger partial charge in [-0.2, -0.15) is 0 Å². The smallest absolute Gasteiger partial charge is 0.276 e. The fourth-order valence-corrected chi connectivity index (χ4v) is 8.85. The number of benzene rings is 1. The molecule has 6 heterocycles. The van der Waals surface area contributed by atoms with Crippen LogP contribution in [0.25, 0.3) is 10.9 Å². The molecule has 3 aliphatic rings. The number of piperidine rings is 1. The summed E-state index contributed by atoms with van der Waals surface area (Å²) in [5, 5.41) is 22.5. The normalized spacial score (nSPS) is 20.8. The van der Waals surface area contributed by atoms with Gasteiger partial charge in [-0.25, -0.2) is 9.55 Å². The molecular weight excluding hydrogens is 728 g/mol. The van der Waals surface area contributed by atoms with E-state index >= 15 is 0 Å². The number of carboxylic acid groups (broad SMARTS) is 1. The molecule has 0 bridgehead atoms. The van der Waals surface area contributed by atoms with Crippen molar-refractivity contribution in [1.29, 1.82) is 0 Å². The second kappa shape index (κ2) is 14.9. The first-order valence-electron chi connectivity index (χ1n) is 16.4. The van der Waals surface area contributed by atoms with Crippen molar-refractivity contribution in [2.24, 2.45) is 15.9 Å². The van der Waals surface area contributed by atoms with Crippen LogP contribution in [-0.2, 0) is 32.3 Å². The van der Waals surface area contributed by atoms with Crippen molar-refractivity contribution in [2.45, 2.75) is 43.4 Å². The molecule has 3 aromatic heterocycles. The number of carbonyl (C=O) groups is 3. The Kier molecular flexibility index (Phi) is 10.2. The fraction of sp³-hybridized carbons (Fsp3) is 0.324. The summed E-state index contributed by atoms with van der Waals surface area (Å²) in [6.45, 7) is 2.75. The molecule has 0 spiro atoms. The van der Waals surface area contributed by atoms with Crippen LogP contribution in [0.15, 0.2) is 76.4 Å². The summed E-state index contributed by atoms with van der Waals surface area (Å²) in [6, 6.07) is 11.3. The molecule has 15 nitrogen and oxygen atoms in total. The Morgan fingerprint density at radius 3 is 2.75 bits per heavy atom. The molecule has 4 aromatic rings. The minimum atomic E-state index is -1.47. The number of carbonyl (C=O) groups excluding carboxylic acids is 3. The van der Waals surface area contributed by atoms with E-state index in [0.29, 0.717) is 23.7 Å². The molecule has 18 heteroatoms. The Balaban J connectivity index is 1.03. The number of hydrogen-bond donors (Lipinski definition) is 4. The number of amides is 2. The van der Waals surface area contributed by atoms with Crippen molar-refractivity contribution < 1.29 is 28.9 Å². The number of fused-ring (bicyclic) bond motifs is 2. The Hall–Kier alpha value is -4.97. The number of hydrogen-bond acceptors (Lipinski definition) is 12. The lowest BCUT2D eigenvalue weighted by Gasteiger charge is -2.50. The van der Waals surface area contributed by atoms with Crippen LogP contribution in [0.1, 0.15) is 29.7 Å². The Morgan fingerprint density at radius 2 is 2.06 bits per heavy atom. The maximum absolute atomic E-state index is 13.3. The number of pyridine rings is 1. The van der Waals surface area contributed by atoms with Gasteiger partial charge < -0.3 is 41.4 Å². The lowest BCUT2D eigenvalue weighted by molar-refractivity contribution is -0.687. The topological polar surface area (TPSA) is 209 Å². The molecule has 3 aliphatic heterocycles. The summed E-state index contributed by atoms with van der Waals surface area (Å²) in [6.07, 6.45) is 7.97. The van der Waals surface area contributed by atoms with E-state index in [9.17, 15) is 19.5 Å². The van der Waals surface area contributed by atoms with Crippen LogP contribution < -0.4 is 31.8 Å². The summed E-state index contributed by atoms with van der Waals surface area (Å²) in [5.74, 6) is -1.98. The van der Waals surface area contributed by atoms with E-state index in [1.807, 2.05) is 47.4 Å². The van der Waals surface area contributed by atoms with Gasteiger partial charge in [-0.15, -0.1) is 11.8 Å². The number of aromatic nitrogens is 3. The molecule has 0 radical (unpaired) electrons. The average Bonchev–Trinajstić information content (AvgIpc) is 3.69. The van der Waals surface area contributed by atoms with Gasteiger partial charge in [-0.05, 0) is 31.0 Å². The predicted molar refractivity (Wildman–Crippen MR) is 196 cm³/mol. The molecular formula is C34H35ClN10O5S2. The van der Waals surface area contributed by atoms with Crippen molar-refractivity contribution in [1.82, 2.24) is 25.1 Å². The molecule has 2 fully saturated rings. The van der Waals surface area contributed by atoms with Crippen molar-refractivity contribution in [3.8, 4) is 0 Å². The zero-order chi connectivity index (χ0) is 36.5. The van der Waals surface area contributed by atoms with E-state index in [0.717, 1.165) is 64.2 Å². The average molecular weight is 763 g/mol. The largest absolute Gasteiger partial charge is 0.543 e. The van der Waals surface area contributed by atoms with Crippen molar-refractivity contribution >= 4 is 80.1 Å². The number of thioether (sulfide) groups is 1. The number of halogens is 1. The minimum Gasteiger partial charge on any atom is -0.543 e. The van der Waals surface area contributed by atoms with Gasteiger partial charge in [0.15, 0.2) is 29.8 Å². The molecule has 52 heavy (non-hydrogen) atoms. The maximum Gasteiger partial charge on any atom is 0.276 e. The number of rotatable bonds is 11. The van der Waals surface area contributed by atoms with Crippen LogP contribution in [0.2, 0.25) is 4.34 Å². The molecule has 0 unspecified atom stereocenters. The fourth-order valence-electron chi connectivity index (χ4n) is 6.59. The summed E-state index contributed by atoms with van der Waals surface area (Å²) < 4.78 is 4.14. The number of nitrogens with zero attached hydrogens (tertiary/aromatic N) is 6. The first-order valence-corrected chi connectivity index (χ1v) is 18.7. The molecule has 7 rings (SSSR count). The van der Waals surface area contributed by atoms with Gasteiger partial charge in [0.25, 0.3) is 11.8 Å². The number of amidine groups is 1. The number of nitrogens with two attached hydrogens (primary N) is 2. The minimum absolute atomic E-state index is 0.0126. The van der Waals surface area contributed by atoms with Gasteiger partial charge in [0.1, 0.15) is 34.4 Å². The lowest BCUT2D eigenvalue weighted by atomic mass is 10.0. The third-order valence-corrected chi connectivity index (χ3v) is 11.5. The first-order chi connectivity index (χ1) is 25.1. The summed E-state index contributed by atoms with van der Waals surface area (Å²) in [5.41, 5.74) is 15.1. The van der Waals surface area contributed by atoms with E-state index < -0.39 is 29.2 Å². The predicted octanol–water partition coefficient (Wildman–Crippen LogP) is 0.581. The molecule has 2 amide bonds. The highest BCUT2D eigenvalue weighted by Gasteiger charge is 2.53. The van der Waals surface area contributed by atoms with Crippen molar-refractivity contribution in [2.75, 3.05) is 31.7 Å². The number of thiazole rings is 1. The van der Waals surface area contributed by atoms with Crippen LogP contribution in [0.5, 0.6) is 0 Å². The Labute approximate surface area is 311 Å². The number of carboxylic acids is 1. The van der Waals surface area contributed by atoms with Crippen LogP contribution in [0.3, 0.4) is 0 Å². The summed E-state index contributed by atoms with van der Waals surface area (Å²) in [4.78, 5) is 53.6. The number of nitrogen functional groups attached to an aromatic ring is 1. The summed E-state index contributed by atoms with van der Waals surface area (Å²) >= 11 is 8.47. The second-order valence-corrected chi connectivity index (χ2v) is 15.2. The van der Waals surface area contributed by atoms with Gasteiger partial charge >= 0.3 is 0 Å². The monoisotopic (exact) mass is 762 g/mol. The van der Waals surface area contributed by atoms with Crippen LogP contribution in [0, 0.1) is 0 Å². The number of nitrogens with one attached hydrogen (secondary N) is 2. The number of β-lactam (4-membered cyclic amide) rings is 1. The van der Waals surface area contributed by atoms with Crippen LogP contribution in [0.4, 0.5) is 5.13 Å². The van der Waals surface area contributed by atoms with Gasteiger partial charge in [-0.1, -0.05) is 52.4 Å². The zero-order valence-corrected chi connectivity index (χ0v) is 30.3. The van der Waals surface area contributed by atoms with Crippen molar-refractivity contribution in [3.63, 3.8) is 0 Å². The van der Waals surface area contributed by atoms with Crippen molar-refractivity contribution in [3.05, 3.63) is 87.4 Å². The third-order valence-electron chi connectivity index (χ3n) is 9.09. The zero-order valence-electron chi connectivity index (χ0n) is 28.0. The van der Waals surface area contributed by atoms with E-state index in [4.69, 9.17) is 32.9 Å². The first kappa shape index (κ1) is 35.4. The number of anilines is 1. The van der Waals surface area contributed by atoms with E-state index in [1.54, 1.807) is 0 Å². The molecule has 0 saturated carbocycles. The second-order valence-electron chi connectivity index (χ2n) is 12.5. The van der Waals surface area contributed by atoms with Gasteiger partial charge in [0.2, 0.25) is 0 Å². The highest BCUT2D eigenvalue weighted by Crippen LogP contribution is 2.40. The third kappa shape index (κ3) is 7.08. The standard InChI is InChI=1S/C34H35ClN10O5S2/c1-50-42-25(24-28(35)52-34(37)41-24)30(46)40-26-31(47)45-27(33(48)49)21(17-51-32(26)45)16-43-11-9-23-20(15-43)8-12-44(23)14-18-4-6-19(7-5-18)29(36)39-22-3-2-10-38-13-22/h4-9,11-12,15,22,26,32,38H,2-3,10,13-14,16-17H2,1H3,(H5-,36,37,39,40,41,46,48,49)/b42-25-/t22-,26-,32-/m1/s1. The van der Waals surface area contributed by atoms with Crippen LogP contribution >= 0.6 is 34.7 Å². The molecule has 270 valence electrons. The lowest BCUT2D eigenvalue weighted by Crippen LogP contribution is -2.71. The highest BCUT2D eigenvalue weighted by molar-refractivity contribution is 8.00. The molecule has 0 aliphatic carbocycles. The molecule has 6 N–H and O–H groups in total. The molecule has 2 saturated heterocycles. The SMILES string of the molecule is CO/N=C(\C(=O)N[C@@H]1C(=O)N2C(C(=O)[O-])=C(C[n+]3ccc4c(ccn4Cc4ccc(C(N)=N[C@@H]5CCCNC5)cc4)c3)CS[C@H]12)c1nc(N)sc1Cl. The van der Waals surface area contributed by atoms with E-state index in [2.05, 4.69) is 37.5 Å². The van der Waals surface area contributed by atoms with Gasteiger partial charge in [-0.3, -0.25) is 19.5 Å². The van der Waals surface area contributed by atoms with Gasteiger partial charge in [0.05, 0.1) is 28.6 Å². The number of aliphatic imine (C=N–C) groups is 1. The van der Waals surface area contributed by atoms with E-state index in [1.165, 1.54) is 18.9 Å². The molecule has 1 aromatic carbocycles. The number of oxime groups is 1. The maximum atomic E-state index is 13.3. The highest BCUT2D eigenvalue weighted by atomic mass is 35.5. The van der Waals surface area contributed by atoms with Crippen LogP contribution in [-0.4, -0.2) is 87.2 Å². The Bertz CT molecular complexity index is 2140. The summed E-state index contributed by atoms with van der Waals surface area (Å²) in [7, 11) is 1.25. The number of aliphatic carboxylic acids is 1. The van der Waals surface area contributed by atoms with Gasteiger partial charge in [0, 0.05) is 42.2 Å². The molecule has 3 atom stereocenters. The van der Waals surface area contributed by atoms with E-state index in [-0.39, 0.29) is 39.2 Å². The Morgan fingerprint density at radius 1 is 1.25 bits per heavy atom. The quantitative estimate of drug-likeness (QED) is 0.0549.